The third-order valence-electron chi connectivity index (χ3n) is 4.47. The maximum Gasteiger partial charge on any atom is 0.246 e. The standard InChI is InChI=1S/C15H26N4O4S.ClH/c1-9-5-6-19(13(7-9)8-16)15(20)11(3)18-24(21,22)14-10(2)17-23-12(14)4;/h9,11,13,18H,5-8,16H2,1-4H3;1H. The molecule has 1 saturated heterocycles. The summed E-state index contributed by atoms with van der Waals surface area (Å²) < 4.78 is 32.4. The molecular weight excluding hydrogens is 368 g/mol. The van der Waals surface area contributed by atoms with E-state index in [1.165, 1.54) is 6.92 Å². The molecule has 0 aromatic carbocycles. The highest BCUT2D eigenvalue weighted by molar-refractivity contribution is 7.89. The van der Waals surface area contributed by atoms with Crippen LogP contribution in [0.5, 0.6) is 0 Å². The Morgan fingerprint density at radius 2 is 2.12 bits per heavy atom. The van der Waals surface area contributed by atoms with Gasteiger partial charge in [-0.25, -0.2) is 8.42 Å². The summed E-state index contributed by atoms with van der Waals surface area (Å²) in [5, 5.41) is 3.65. The number of aryl methyl sites for hydroxylation is 2. The van der Waals surface area contributed by atoms with Crippen LogP contribution < -0.4 is 10.5 Å². The van der Waals surface area contributed by atoms with E-state index < -0.39 is 16.1 Å². The van der Waals surface area contributed by atoms with E-state index in [-0.39, 0.29) is 40.7 Å². The Bertz CT molecular complexity index is 687. The zero-order valence-corrected chi connectivity index (χ0v) is 16.6. The molecule has 3 N–H and O–H groups in total. The minimum absolute atomic E-state index is 0. The van der Waals surface area contributed by atoms with Crippen molar-refractivity contribution in [2.75, 3.05) is 13.1 Å². The third kappa shape index (κ3) is 4.72. The van der Waals surface area contributed by atoms with Gasteiger partial charge < -0.3 is 15.2 Å². The molecule has 0 spiro atoms. The van der Waals surface area contributed by atoms with Gasteiger partial charge in [0.15, 0.2) is 5.76 Å². The number of hydrogen-bond donors (Lipinski definition) is 2. The maximum atomic E-state index is 12.7. The number of piperidine rings is 1. The molecule has 0 saturated carbocycles. The van der Waals surface area contributed by atoms with Crippen LogP contribution in [-0.4, -0.2) is 49.6 Å². The van der Waals surface area contributed by atoms with E-state index in [1.54, 1.807) is 18.7 Å². The van der Waals surface area contributed by atoms with Crippen molar-refractivity contribution in [2.45, 2.75) is 57.5 Å². The molecule has 1 amide bonds. The average molecular weight is 395 g/mol. The summed E-state index contributed by atoms with van der Waals surface area (Å²) in [4.78, 5) is 14.4. The minimum atomic E-state index is -3.88. The first kappa shape index (κ1) is 21.9. The molecule has 25 heavy (non-hydrogen) atoms. The SMILES string of the molecule is Cc1noc(C)c1S(=O)(=O)NC(C)C(=O)N1CCC(C)CC1CN.Cl. The normalized spacial score (nSPS) is 22.4. The largest absolute Gasteiger partial charge is 0.360 e. The van der Waals surface area contributed by atoms with Gasteiger partial charge in [0, 0.05) is 19.1 Å². The molecule has 3 unspecified atom stereocenters. The average Bonchev–Trinajstić information content (AvgIpc) is 2.85. The lowest BCUT2D eigenvalue weighted by Crippen LogP contribution is -2.55. The van der Waals surface area contributed by atoms with E-state index in [0.29, 0.717) is 19.0 Å². The summed E-state index contributed by atoms with van der Waals surface area (Å²) in [5.41, 5.74) is 6.05. The number of sulfonamides is 1. The van der Waals surface area contributed by atoms with Gasteiger partial charge in [-0.05, 0) is 39.5 Å². The van der Waals surface area contributed by atoms with Crippen molar-refractivity contribution in [1.29, 1.82) is 0 Å². The summed E-state index contributed by atoms with van der Waals surface area (Å²) in [6.07, 6.45) is 1.73. The van der Waals surface area contributed by atoms with Gasteiger partial charge in [0.2, 0.25) is 15.9 Å². The summed E-state index contributed by atoms with van der Waals surface area (Å²) in [7, 11) is -3.88. The highest BCUT2D eigenvalue weighted by atomic mass is 35.5. The van der Waals surface area contributed by atoms with Crippen LogP contribution >= 0.6 is 12.4 Å². The first-order valence-electron chi connectivity index (χ1n) is 8.13. The summed E-state index contributed by atoms with van der Waals surface area (Å²) >= 11 is 0. The zero-order chi connectivity index (χ0) is 18.1. The molecule has 2 rings (SSSR count). The molecule has 1 fully saturated rings. The van der Waals surface area contributed by atoms with Gasteiger partial charge in [-0.3, -0.25) is 4.79 Å². The number of carbonyl (C=O) groups is 1. The number of aromatic nitrogens is 1. The predicted octanol–water partition coefficient (Wildman–Crippen LogP) is 0.966. The Morgan fingerprint density at radius 3 is 2.64 bits per heavy atom. The molecule has 1 aromatic rings. The van der Waals surface area contributed by atoms with Crippen molar-refractivity contribution in [1.82, 2.24) is 14.8 Å². The third-order valence-corrected chi connectivity index (χ3v) is 6.26. The van der Waals surface area contributed by atoms with Crippen molar-refractivity contribution in [3.63, 3.8) is 0 Å². The molecule has 2 heterocycles. The van der Waals surface area contributed by atoms with Gasteiger partial charge in [0.05, 0.1) is 6.04 Å². The molecule has 10 heteroatoms. The van der Waals surface area contributed by atoms with E-state index in [9.17, 15) is 13.2 Å². The van der Waals surface area contributed by atoms with Crippen molar-refractivity contribution in [2.24, 2.45) is 11.7 Å². The van der Waals surface area contributed by atoms with E-state index in [2.05, 4.69) is 16.8 Å². The van der Waals surface area contributed by atoms with Gasteiger partial charge in [0.1, 0.15) is 10.6 Å². The Morgan fingerprint density at radius 1 is 1.48 bits per heavy atom. The van der Waals surface area contributed by atoms with Crippen molar-refractivity contribution in [3.8, 4) is 0 Å². The molecule has 3 atom stereocenters. The number of hydrogen-bond acceptors (Lipinski definition) is 6. The Hall–Kier alpha value is -1.16. The summed E-state index contributed by atoms with van der Waals surface area (Å²) in [6.45, 7) is 7.72. The van der Waals surface area contributed by atoms with Crippen LogP contribution in [0.2, 0.25) is 0 Å². The van der Waals surface area contributed by atoms with Crippen molar-refractivity contribution in [3.05, 3.63) is 11.5 Å². The molecule has 1 aromatic heterocycles. The van der Waals surface area contributed by atoms with Gasteiger partial charge in [-0.2, -0.15) is 4.72 Å². The number of carbonyl (C=O) groups excluding carboxylic acids is 1. The van der Waals surface area contributed by atoms with E-state index in [4.69, 9.17) is 10.3 Å². The van der Waals surface area contributed by atoms with Gasteiger partial charge in [-0.15, -0.1) is 12.4 Å². The lowest BCUT2D eigenvalue weighted by Gasteiger charge is -2.39. The van der Waals surface area contributed by atoms with Crippen LogP contribution in [0.1, 0.15) is 38.1 Å². The summed E-state index contributed by atoms with van der Waals surface area (Å²) in [5.74, 6) is 0.455. The second-order valence-electron chi connectivity index (χ2n) is 6.55. The van der Waals surface area contributed by atoms with Crippen LogP contribution in [-0.2, 0) is 14.8 Å². The van der Waals surface area contributed by atoms with Crippen molar-refractivity contribution < 1.29 is 17.7 Å². The molecule has 0 radical (unpaired) electrons. The Kier molecular flexibility index (Phi) is 7.42. The van der Waals surface area contributed by atoms with Gasteiger partial charge in [0.25, 0.3) is 0 Å². The number of rotatable bonds is 5. The van der Waals surface area contributed by atoms with E-state index in [0.717, 1.165) is 12.8 Å². The minimum Gasteiger partial charge on any atom is -0.360 e. The number of nitrogens with one attached hydrogen (secondary N) is 1. The maximum absolute atomic E-state index is 12.7. The molecule has 144 valence electrons. The number of halogens is 1. The number of likely N-dealkylation sites (tertiary alicyclic amines) is 1. The van der Waals surface area contributed by atoms with Crippen LogP contribution in [0.3, 0.4) is 0 Å². The fraction of sp³-hybridized carbons (Fsp3) is 0.733. The number of nitrogens with two attached hydrogens (primary N) is 1. The molecular formula is C15H27ClN4O4S. The molecule has 0 bridgehead atoms. The lowest BCUT2D eigenvalue weighted by atomic mass is 9.92. The Labute approximate surface area is 154 Å². The van der Waals surface area contributed by atoms with Crippen LogP contribution in [0.15, 0.2) is 9.42 Å². The molecule has 1 aliphatic heterocycles. The Balaban J connectivity index is 0.00000312. The monoisotopic (exact) mass is 394 g/mol. The van der Waals surface area contributed by atoms with Crippen LogP contribution in [0.25, 0.3) is 0 Å². The summed E-state index contributed by atoms with van der Waals surface area (Å²) in [6, 6.07) is -0.932. The molecule has 1 aliphatic rings. The van der Waals surface area contributed by atoms with Crippen molar-refractivity contribution >= 4 is 28.3 Å². The topological polar surface area (TPSA) is 119 Å². The van der Waals surface area contributed by atoms with Crippen LogP contribution in [0.4, 0.5) is 0 Å². The van der Waals surface area contributed by atoms with Crippen LogP contribution in [0, 0.1) is 19.8 Å². The molecule has 8 nitrogen and oxygen atoms in total. The van der Waals surface area contributed by atoms with E-state index >= 15 is 0 Å². The molecule has 0 aliphatic carbocycles. The fourth-order valence-electron chi connectivity index (χ4n) is 3.21. The number of nitrogens with zero attached hydrogens (tertiary/aromatic N) is 2. The first-order valence-corrected chi connectivity index (χ1v) is 9.61. The quantitative estimate of drug-likeness (QED) is 0.767. The van der Waals surface area contributed by atoms with E-state index in [1.807, 2.05) is 0 Å². The lowest BCUT2D eigenvalue weighted by molar-refractivity contribution is -0.136. The fourth-order valence-corrected chi connectivity index (χ4v) is 4.74. The number of amides is 1. The zero-order valence-electron chi connectivity index (χ0n) is 15.0. The smallest absolute Gasteiger partial charge is 0.246 e. The first-order chi connectivity index (χ1) is 11.2. The second-order valence-corrected chi connectivity index (χ2v) is 8.20. The van der Waals surface area contributed by atoms with Gasteiger partial charge in [-0.1, -0.05) is 12.1 Å². The second kappa shape index (κ2) is 8.48. The highest BCUT2D eigenvalue weighted by Crippen LogP contribution is 2.23. The van der Waals surface area contributed by atoms with Gasteiger partial charge >= 0.3 is 0 Å². The highest BCUT2D eigenvalue weighted by Gasteiger charge is 2.34. The predicted molar refractivity (Wildman–Crippen MR) is 96.0 cm³/mol.